The third kappa shape index (κ3) is 4.58. The van der Waals surface area contributed by atoms with E-state index in [2.05, 4.69) is 54.8 Å². The molecule has 2 aromatic rings. The molecule has 2 rings (SSSR count). The minimum Gasteiger partial charge on any atom is -0.543 e. The number of aromatic nitrogens is 1. The fourth-order valence-electron chi connectivity index (χ4n) is 1.94. The van der Waals surface area contributed by atoms with Gasteiger partial charge in [-0.05, 0) is 63.4 Å². The Morgan fingerprint density at radius 3 is 2.43 bits per heavy atom. The van der Waals surface area contributed by atoms with E-state index in [0.29, 0.717) is 0 Å². The molecular weight excluding hydrogens is 390 g/mol. The van der Waals surface area contributed by atoms with Crippen LogP contribution in [0.1, 0.15) is 37.3 Å². The second-order valence-corrected chi connectivity index (χ2v) is 13.3. The summed E-state index contributed by atoms with van der Waals surface area (Å²) in [7, 11) is -1.85. The molecule has 0 N–H and O–H groups in total. The molecule has 1 aromatic carbocycles. The lowest BCUT2D eigenvalue weighted by Crippen LogP contribution is -2.43. The van der Waals surface area contributed by atoms with Gasteiger partial charge in [-0.2, -0.15) is 0 Å². The lowest BCUT2D eigenvalue weighted by atomic mass is 10.1. The highest BCUT2D eigenvalue weighted by Crippen LogP contribution is 2.38. The third-order valence-corrected chi connectivity index (χ3v) is 9.64. The van der Waals surface area contributed by atoms with Crippen LogP contribution in [-0.4, -0.2) is 13.3 Å². The number of benzene rings is 1. The first-order valence-corrected chi connectivity index (χ1v) is 11.8. The molecular formula is C18H23BrClNOSi. The summed E-state index contributed by atoms with van der Waals surface area (Å²) in [5, 5.41) is -0.0830. The van der Waals surface area contributed by atoms with Gasteiger partial charge in [-0.1, -0.05) is 32.9 Å². The molecule has 0 aliphatic rings. The van der Waals surface area contributed by atoms with E-state index in [1.807, 2.05) is 30.3 Å². The maximum Gasteiger partial charge on any atom is 0.250 e. The van der Waals surface area contributed by atoms with Crippen molar-refractivity contribution in [2.75, 3.05) is 0 Å². The normalized spacial score (nSPS) is 13.7. The maximum atomic E-state index is 6.63. The first-order valence-electron chi connectivity index (χ1n) is 7.64. The van der Waals surface area contributed by atoms with Crippen molar-refractivity contribution in [2.24, 2.45) is 0 Å². The Balaban J connectivity index is 2.26. The van der Waals surface area contributed by atoms with E-state index in [0.717, 1.165) is 21.3 Å². The summed E-state index contributed by atoms with van der Waals surface area (Å²) >= 11 is 10.1. The predicted molar refractivity (Wildman–Crippen MR) is 104 cm³/mol. The van der Waals surface area contributed by atoms with Crippen LogP contribution >= 0.6 is 27.5 Å². The second-order valence-electron chi connectivity index (χ2n) is 7.23. The van der Waals surface area contributed by atoms with E-state index in [1.165, 1.54) is 0 Å². The lowest BCUT2D eigenvalue weighted by molar-refractivity contribution is 0.491. The Hall–Kier alpha value is -0.843. The average Bonchev–Trinajstić information content (AvgIpc) is 2.45. The monoisotopic (exact) mass is 411 g/mol. The first kappa shape index (κ1) is 18.5. The summed E-state index contributed by atoms with van der Waals surface area (Å²) in [6.07, 6.45) is 3.55. The molecule has 1 heterocycles. The summed E-state index contributed by atoms with van der Waals surface area (Å²) in [4.78, 5) is 4.19. The molecule has 1 atom stereocenters. The Labute approximate surface area is 153 Å². The third-order valence-electron chi connectivity index (χ3n) is 4.35. The first-order chi connectivity index (χ1) is 10.6. The fraction of sp³-hybridized carbons (Fsp3) is 0.389. The zero-order chi connectivity index (χ0) is 17.3. The standard InChI is InChI=1S/C18H23BrClNOSi/c1-18(2,3)23(4,5)22-16-8-6-7-13(10-16)17(20)14-9-15(19)12-21-11-14/h6-12,17H,1-5H3. The minimum atomic E-state index is -1.85. The van der Waals surface area contributed by atoms with Crippen LogP contribution in [0.25, 0.3) is 0 Å². The number of alkyl halides is 1. The van der Waals surface area contributed by atoms with E-state index in [9.17, 15) is 0 Å². The maximum absolute atomic E-state index is 6.63. The van der Waals surface area contributed by atoms with Crippen LogP contribution in [0, 0.1) is 0 Å². The van der Waals surface area contributed by atoms with Crippen molar-refractivity contribution in [2.45, 2.75) is 44.3 Å². The van der Waals surface area contributed by atoms with Gasteiger partial charge in [0.15, 0.2) is 0 Å². The highest BCUT2D eigenvalue weighted by molar-refractivity contribution is 9.10. The minimum absolute atomic E-state index is 0.164. The summed E-state index contributed by atoms with van der Waals surface area (Å²) in [5.74, 6) is 0.891. The molecule has 0 saturated heterocycles. The van der Waals surface area contributed by atoms with E-state index in [-0.39, 0.29) is 10.4 Å². The molecule has 5 heteroatoms. The van der Waals surface area contributed by atoms with Crippen LogP contribution in [0.2, 0.25) is 18.1 Å². The molecule has 0 bridgehead atoms. The van der Waals surface area contributed by atoms with Crippen molar-refractivity contribution in [3.63, 3.8) is 0 Å². The van der Waals surface area contributed by atoms with E-state index in [4.69, 9.17) is 16.0 Å². The number of halogens is 2. The Morgan fingerprint density at radius 1 is 1.13 bits per heavy atom. The van der Waals surface area contributed by atoms with Gasteiger partial charge in [-0.15, -0.1) is 11.6 Å². The van der Waals surface area contributed by atoms with E-state index in [1.54, 1.807) is 12.4 Å². The lowest BCUT2D eigenvalue weighted by Gasteiger charge is -2.36. The van der Waals surface area contributed by atoms with Crippen LogP contribution < -0.4 is 4.43 Å². The molecule has 23 heavy (non-hydrogen) atoms. The van der Waals surface area contributed by atoms with Gasteiger partial charge in [-0.25, -0.2) is 0 Å². The Morgan fingerprint density at radius 2 is 1.83 bits per heavy atom. The molecule has 0 fully saturated rings. The zero-order valence-electron chi connectivity index (χ0n) is 14.2. The molecule has 0 aliphatic carbocycles. The molecule has 1 unspecified atom stereocenters. The van der Waals surface area contributed by atoms with Crippen molar-refractivity contribution >= 4 is 35.8 Å². The molecule has 0 aliphatic heterocycles. The van der Waals surface area contributed by atoms with Gasteiger partial charge < -0.3 is 4.43 Å². The average molecular weight is 413 g/mol. The highest BCUT2D eigenvalue weighted by Gasteiger charge is 2.39. The highest BCUT2D eigenvalue weighted by atomic mass is 79.9. The molecule has 0 spiro atoms. The van der Waals surface area contributed by atoms with Gasteiger partial charge in [0.25, 0.3) is 0 Å². The molecule has 124 valence electrons. The SMILES string of the molecule is CC(C)(C)[Si](C)(C)Oc1cccc(C(Cl)c2cncc(Br)c2)c1. The van der Waals surface area contributed by atoms with Crippen molar-refractivity contribution < 1.29 is 4.43 Å². The summed E-state index contributed by atoms with van der Waals surface area (Å²) in [6.45, 7) is 11.2. The predicted octanol–water partition coefficient (Wildman–Crippen LogP) is 6.56. The number of rotatable bonds is 4. The molecule has 1 aromatic heterocycles. The van der Waals surface area contributed by atoms with Gasteiger partial charge in [0.1, 0.15) is 5.75 Å². The van der Waals surface area contributed by atoms with Gasteiger partial charge in [0.05, 0.1) is 5.38 Å². The Bertz CT molecular complexity index is 685. The zero-order valence-corrected chi connectivity index (χ0v) is 17.6. The van der Waals surface area contributed by atoms with Crippen molar-refractivity contribution in [3.8, 4) is 5.75 Å². The van der Waals surface area contributed by atoms with Gasteiger partial charge in [-0.3, -0.25) is 4.98 Å². The van der Waals surface area contributed by atoms with Crippen molar-refractivity contribution in [3.05, 3.63) is 58.3 Å². The fourth-order valence-corrected chi connectivity index (χ4v) is 3.60. The Kier molecular flexibility index (Phi) is 5.59. The number of pyridine rings is 1. The van der Waals surface area contributed by atoms with E-state index >= 15 is 0 Å². The van der Waals surface area contributed by atoms with E-state index < -0.39 is 8.32 Å². The van der Waals surface area contributed by atoms with Crippen LogP contribution in [0.4, 0.5) is 0 Å². The van der Waals surface area contributed by atoms with Crippen molar-refractivity contribution in [1.29, 1.82) is 0 Å². The van der Waals surface area contributed by atoms with Gasteiger partial charge >= 0.3 is 0 Å². The summed E-state index contributed by atoms with van der Waals surface area (Å²) in [5.41, 5.74) is 1.98. The molecule has 2 nitrogen and oxygen atoms in total. The summed E-state index contributed by atoms with van der Waals surface area (Å²) in [6, 6.07) is 10.1. The van der Waals surface area contributed by atoms with Crippen LogP contribution in [0.15, 0.2) is 47.2 Å². The topological polar surface area (TPSA) is 22.1 Å². The summed E-state index contributed by atoms with van der Waals surface area (Å²) < 4.78 is 7.30. The molecule has 0 radical (unpaired) electrons. The van der Waals surface area contributed by atoms with Crippen LogP contribution in [0.3, 0.4) is 0 Å². The van der Waals surface area contributed by atoms with Crippen molar-refractivity contribution in [1.82, 2.24) is 4.98 Å². The second kappa shape index (κ2) is 6.95. The van der Waals surface area contributed by atoms with Gasteiger partial charge in [0, 0.05) is 16.9 Å². The quantitative estimate of drug-likeness (QED) is 0.419. The number of hydrogen-bond acceptors (Lipinski definition) is 2. The smallest absolute Gasteiger partial charge is 0.250 e. The van der Waals surface area contributed by atoms with Crippen LogP contribution in [-0.2, 0) is 0 Å². The molecule has 0 saturated carbocycles. The van der Waals surface area contributed by atoms with Gasteiger partial charge in [0.2, 0.25) is 8.32 Å². The largest absolute Gasteiger partial charge is 0.543 e. The number of hydrogen-bond donors (Lipinski definition) is 0. The van der Waals surface area contributed by atoms with Crippen LogP contribution in [0.5, 0.6) is 5.75 Å². The molecule has 0 amide bonds. The number of nitrogens with zero attached hydrogens (tertiary/aromatic N) is 1.